The third kappa shape index (κ3) is 4.50. The number of nitrogens with one attached hydrogen (secondary N) is 1. The van der Waals surface area contributed by atoms with E-state index in [1.807, 2.05) is 6.20 Å². The highest BCUT2D eigenvalue weighted by atomic mass is 16.5. The monoisotopic (exact) mass is 262 g/mol. The maximum absolute atomic E-state index is 5.75. The molecule has 0 aliphatic heterocycles. The van der Waals surface area contributed by atoms with Gasteiger partial charge in [-0.05, 0) is 26.2 Å². The Bertz CT molecular complexity index is 386. The van der Waals surface area contributed by atoms with Crippen LogP contribution in [-0.2, 0) is 6.54 Å². The smallest absolute Gasteiger partial charge is 0.125 e. The highest BCUT2D eigenvalue weighted by molar-refractivity contribution is 5.31. The van der Waals surface area contributed by atoms with Crippen molar-refractivity contribution in [3.8, 4) is 5.75 Å². The van der Waals surface area contributed by atoms with Gasteiger partial charge < -0.3 is 10.1 Å². The Labute approximate surface area is 116 Å². The molecule has 0 radical (unpaired) electrons. The molecule has 106 valence electrons. The molecule has 1 aromatic rings. The summed E-state index contributed by atoms with van der Waals surface area (Å²) in [5, 5.41) is 3.62. The van der Waals surface area contributed by atoms with Crippen LogP contribution in [0.1, 0.15) is 56.7 Å². The molecule has 1 aliphatic rings. The van der Waals surface area contributed by atoms with E-state index in [9.17, 15) is 0 Å². The van der Waals surface area contributed by atoms with Gasteiger partial charge in [0.2, 0.25) is 0 Å². The molecular weight excluding hydrogens is 236 g/mol. The molecule has 0 aromatic carbocycles. The Hall–Kier alpha value is -1.09. The molecule has 1 saturated carbocycles. The lowest BCUT2D eigenvalue weighted by molar-refractivity contribution is 0.314. The van der Waals surface area contributed by atoms with Crippen LogP contribution < -0.4 is 10.1 Å². The predicted octanol–water partition coefficient (Wildman–Crippen LogP) is 3.60. The van der Waals surface area contributed by atoms with Gasteiger partial charge in [-0.25, -0.2) is 0 Å². The van der Waals surface area contributed by atoms with E-state index >= 15 is 0 Å². The highest BCUT2D eigenvalue weighted by Gasteiger charge is 2.13. The fourth-order valence-corrected chi connectivity index (χ4v) is 2.57. The summed E-state index contributed by atoms with van der Waals surface area (Å²) in [6.45, 7) is 5.81. The van der Waals surface area contributed by atoms with Gasteiger partial charge in [0.15, 0.2) is 0 Å². The summed E-state index contributed by atoms with van der Waals surface area (Å²) >= 11 is 0. The third-order valence-electron chi connectivity index (χ3n) is 3.75. The molecule has 19 heavy (non-hydrogen) atoms. The van der Waals surface area contributed by atoms with Gasteiger partial charge in [0.05, 0.1) is 12.3 Å². The molecule has 1 aliphatic carbocycles. The van der Waals surface area contributed by atoms with E-state index in [1.54, 1.807) is 0 Å². The van der Waals surface area contributed by atoms with Crippen molar-refractivity contribution in [2.75, 3.05) is 6.61 Å². The number of ether oxygens (including phenoxy) is 1. The summed E-state index contributed by atoms with van der Waals surface area (Å²) in [6, 6.07) is 2.76. The summed E-state index contributed by atoms with van der Waals surface area (Å²) in [7, 11) is 0. The van der Waals surface area contributed by atoms with E-state index in [0.29, 0.717) is 6.04 Å². The number of hydrogen-bond acceptors (Lipinski definition) is 3. The Balaban J connectivity index is 1.88. The zero-order chi connectivity index (χ0) is 13.5. The molecule has 1 N–H and O–H groups in total. The maximum Gasteiger partial charge on any atom is 0.125 e. The minimum absolute atomic E-state index is 0.678. The van der Waals surface area contributed by atoms with E-state index in [1.165, 1.54) is 32.1 Å². The lowest BCUT2D eigenvalue weighted by atomic mass is 9.95. The first-order valence-electron chi connectivity index (χ1n) is 7.61. The number of hydrogen-bond donors (Lipinski definition) is 1. The normalized spacial score (nSPS) is 16.5. The van der Waals surface area contributed by atoms with Crippen LogP contribution in [0.25, 0.3) is 0 Å². The van der Waals surface area contributed by atoms with Gasteiger partial charge in [0.1, 0.15) is 5.75 Å². The minimum atomic E-state index is 0.678. The van der Waals surface area contributed by atoms with Gasteiger partial charge in [-0.15, -0.1) is 0 Å². The summed E-state index contributed by atoms with van der Waals surface area (Å²) in [4.78, 5) is 4.49. The molecule has 2 rings (SSSR count). The van der Waals surface area contributed by atoms with Crippen molar-refractivity contribution in [2.24, 2.45) is 0 Å². The van der Waals surface area contributed by atoms with Gasteiger partial charge in [-0.2, -0.15) is 0 Å². The largest absolute Gasteiger partial charge is 0.493 e. The number of rotatable bonds is 6. The van der Waals surface area contributed by atoms with Crippen LogP contribution in [0.4, 0.5) is 0 Å². The molecule has 0 saturated heterocycles. The van der Waals surface area contributed by atoms with Crippen molar-refractivity contribution < 1.29 is 4.74 Å². The second-order valence-corrected chi connectivity index (χ2v) is 5.51. The number of aromatic nitrogens is 1. The summed E-state index contributed by atoms with van der Waals surface area (Å²) in [5.74, 6) is 0.984. The second kappa shape index (κ2) is 7.49. The van der Waals surface area contributed by atoms with Crippen LogP contribution in [0.15, 0.2) is 12.3 Å². The van der Waals surface area contributed by atoms with Crippen molar-refractivity contribution in [1.29, 1.82) is 0 Å². The first-order chi connectivity index (χ1) is 9.29. The lowest BCUT2D eigenvalue weighted by Gasteiger charge is -2.22. The van der Waals surface area contributed by atoms with Crippen molar-refractivity contribution in [1.82, 2.24) is 10.3 Å². The Kier molecular flexibility index (Phi) is 5.64. The van der Waals surface area contributed by atoms with Crippen molar-refractivity contribution >= 4 is 0 Å². The highest BCUT2D eigenvalue weighted by Crippen LogP contribution is 2.20. The van der Waals surface area contributed by atoms with E-state index in [0.717, 1.165) is 36.6 Å². The minimum Gasteiger partial charge on any atom is -0.493 e. The van der Waals surface area contributed by atoms with Crippen LogP contribution >= 0.6 is 0 Å². The van der Waals surface area contributed by atoms with Crippen molar-refractivity contribution in [2.45, 2.75) is 65.0 Å². The SMILES string of the molecule is CCCOc1cc(CNC2CCCCC2)ncc1C. The van der Waals surface area contributed by atoms with Crippen molar-refractivity contribution in [3.05, 3.63) is 23.5 Å². The van der Waals surface area contributed by atoms with E-state index in [-0.39, 0.29) is 0 Å². The van der Waals surface area contributed by atoms with Crippen LogP contribution in [0.2, 0.25) is 0 Å². The number of aryl methyl sites for hydroxylation is 1. The molecule has 1 aromatic heterocycles. The first-order valence-corrected chi connectivity index (χ1v) is 7.61. The number of nitrogens with zero attached hydrogens (tertiary/aromatic N) is 1. The average Bonchev–Trinajstić information content (AvgIpc) is 2.46. The van der Waals surface area contributed by atoms with Gasteiger partial charge in [-0.3, -0.25) is 4.98 Å². The van der Waals surface area contributed by atoms with Gasteiger partial charge in [-0.1, -0.05) is 26.2 Å². The standard InChI is InChI=1S/C16H26N2O/c1-3-9-19-16-10-15(17-11-13(16)2)12-18-14-7-5-4-6-8-14/h10-11,14,18H,3-9,12H2,1-2H3. The molecule has 3 nitrogen and oxygen atoms in total. The fraction of sp³-hybridized carbons (Fsp3) is 0.688. The molecule has 0 bridgehead atoms. The number of pyridine rings is 1. The molecule has 1 fully saturated rings. The van der Waals surface area contributed by atoms with Gasteiger partial charge >= 0.3 is 0 Å². The maximum atomic E-state index is 5.75. The molecule has 0 unspecified atom stereocenters. The first kappa shape index (κ1) is 14.3. The van der Waals surface area contributed by atoms with Gasteiger partial charge in [0.25, 0.3) is 0 Å². The second-order valence-electron chi connectivity index (χ2n) is 5.51. The quantitative estimate of drug-likeness (QED) is 0.850. The van der Waals surface area contributed by atoms with E-state index in [2.05, 4.69) is 30.2 Å². The Morgan fingerprint density at radius 2 is 2.11 bits per heavy atom. The molecule has 0 atom stereocenters. The van der Waals surface area contributed by atoms with E-state index in [4.69, 9.17) is 4.74 Å². The lowest BCUT2D eigenvalue weighted by Crippen LogP contribution is -2.30. The van der Waals surface area contributed by atoms with Crippen LogP contribution in [0.3, 0.4) is 0 Å². The topological polar surface area (TPSA) is 34.1 Å². The average molecular weight is 262 g/mol. The zero-order valence-electron chi connectivity index (χ0n) is 12.2. The molecule has 0 amide bonds. The Morgan fingerprint density at radius 3 is 2.84 bits per heavy atom. The van der Waals surface area contributed by atoms with E-state index < -0.39 is 0 Å². The predicted molar refractivity (Wildman–Crippen MR) is 78.5 cm³/mol. The fourth-order valence-electron chi connectivity index (χ4n) is 2.57. The summed E-state index contributed by atoms with van der Waals surface area (Å²) < 4.78 is 5.75. The van der Waals surface area contributed by atoms with Gasteiger partial charge in [0, 0.05) is 30.4 Å². The van der Waals surface area contributed by atoms with Crippen LogP contribution in [-0.4, -0.2) is 17.6 Å². The Morgan fingerprint density at radius 1 is 1.32 bits per heavy atom. The van der Waals surface area contributed by atoms with Crippen LogP contribution in [0, 0.1) is 6.92 Å². The summed E-state index contributed by atoms with van der Waals surface area (Å²) in [5.41, 5.74) is 2.21. The van der Waals surface area contributed by atoms with Crippen LogP contribution in [0.5, 0.6) is 5.75 Å². The van der Waals surface area contributed by atoms with Crippen molar-refractivity contribution in [3.63, 3.8) is 0 Å². The molecule has 0 spiro atoms. The third-order valence-corrected chi connectivity index (χ3v) is 3.75. The molecular formula is C16H26N2O. The summed E-state index contributed by atoms with van der Waals surface area (Å²) in [6.07, 6.45) is 9.71. The molecule has 1 heterocycles. The molecule has 3 heteroatoms. The zero-order valence-corrected chi connectivity index (χ0v) is 12.2.